The van der Waals surface area contributed by atoms with E-state index in [1.54, 1.807) is 0 Å². The fourth-order valence-corrected chi connectivity index (χ4v) is 12.0. The molecule has 5 nitrogen and oxygen atoms in total. The zero-order valence-corrected chi connectivity index (χ0v) is 23.3. The highest BCUT2D eigenvalue weighted by atomic mass is 16.5. The summed E-state index contributed by atoms with van der Waals surface area (Å²) >= 11 is 0. The van der Waals surface area contributed by atoms with Crippen LogP contribution in [0.1, 0.15) is 104 Å². The van der Waals surface area contributed by atoms with Gasteiger partial charge in [-0.05, 0) is 116 Å². The molecular formula is C31H47N3O2. The van der Waals surface area contributed by atoms with E-state index in [0.717, 1.165) is 32.1 Å². The highest BCUT2D eigenvalue weighted by molar-refractivity contribution is 5.82. The van der Waals surface area contributed by atoms with E-state index in [2.05, 4.69) is 70.0 Å². The first kappa shape index (κ1) is 24.7. The lowest BCUT2D eigenvalue weighted by atomic mass is 9.32. The van der Waals surface area contributed by atoms with Crippen molar-refractivity contribution >= 4 is 5.91 Å². The molecule has 1 amide bonds. The number of hydrogen-bond donors (Lipinski definition) is 3. The van der Waals surface area contributed by atoms with Crippen LogP contribution in [0.15, 0.2) is 18.3 Å². The van der Waals surface area contributed by atoms with E-state index in [-0.39, 0.29) is 33.5 Å². The fourth-order valence-electron chi connectivity index (χ4n) is 12.0. The topological polar surface area (TPSA) is 78.0 Å². The molecule has 1 aromatic rings. The molecule has 0 radical (unpaired) electrons. The van der Waals surface area contributed by atoms with Gasteiger partial charge in [0.1, 0.15) is 0 Å². The molecule has 198 valence electrons. The zero-order chi connectivity index (χ0) is 25.9. The maximum atomic E-state index is 13.3. The molecule has 0 unspecified atom stereocenters. The molecule has 0 saturated heterocycles. The van der Waals surface area contributed by atoms with E-state index in [1.165, 1.54) is 42.5 Å². The predicted molar refractivity (Wildman–Crippen MR) is 141 cm³/mol. The first-order chi connectivity index (χ1) is 16.9. The number of carbonyl (C=O) groups excluding carboxylic acids is 1. The molecule has 5 heteroatoms. The molecule has 0 spiro atoms. The average molecular weight is 494 g/mol. The van der Waals surface area contributed by atoms with Crippen molar-refractivity contribution in [1.82, 2.24) is 15.7 Å². The van der Waals surface area contributed by atoms with E-state index in [0.29, 0.717) is 23.7 Å². The number of amides is 1. The fraction of sp³-hybridized carbons (Fsp3) is 0.806. The Bertz CT molecular complexity index is 1110. The Kier molecular flexibility index (Phi) is 5.14. The Morgan fingerprint density at radius 2 is 1.78 bits per heavy atom. The van der Waals surface area contributed by atoms with Crippen molar-refractivity contribution < 1.29 is 10.0 Å². The summed E-state index contributed by atoms with van der Waals surface area (Å²) in [7, 11) is 0. The molecule has 4 saturated carbocycles. The number of carbonyl (C=O) groups is 1. The van der Waals surface area contributed by atoms with Gasteiger partial charge in [0.25, 0.3) is 0 Å². The van der Waals surface area contributed by atoms with Crippen molar-refractivity contribution in [3.8, 4) is 0 Å². The minimum absolute atomic E-state index is 0.106. The highest BCUT2D eigenvalue weighted by Crippen LogP contribution is 2.77. The minimum Gasteiger partial charge on any atom is -0.289 e. The van der Waals surface area contributed by atoms with Crippen LogP contribution >= 0.6 is 0 Å². The Morgan fingerprint density at radius 3 is 2.47 bits per heavy atom. The van der Waals surface area contributed by atoms with Crippen LogP contribution in [0, 0.1) is 51.2 Å². The van der Waals surface area contributed by atoms with Gasteiger partial charge in [-0.2, -0.15) is 5.10 Å². The summed E-state index contributed by atoms with van der Waals surface area (Å²) < 4.78 is 0. The predicted octanol–water partition coefficient (Wildman–Crippen LogP) is 6.59. The second-order valence-corrected chi connectivity index (χ2v) is 15.0. The molecule has 0 aliphatic heterocycles. The number of H-pyrrole nitrogens is 1. The molecule has 9 atom stereocenters. The van der Waals surface area contributed by atoms with Gasteiger partial charge < -0.3 is 0 Å². The number of fused-ring (bicyclic) bond motifs is 8. The van der Waals surface area contributed by atoms with Gasteiger partial charge in [-0.3, -0.25) is 15.1 Å². The van der Waals surface area contributed by atoms with Gasteiger partial charge in [-0.25, -0.2) is 5.48 Å². The van der Waals surface area contributed by atoms with Gasteiger partial charge in [-0.15, -0.1) is 0 Å². The van der Waals surface area contributed by atoms with Crippen LogP contribution in [0.2, 0.25) is 0 Å². The summed E-state index contributed by atoms with van der Waals surface area (Å²) in [5.41, 5.74) is 6.47. The third-order valence-electron chi connectivity index (χ3n) is 13.7. The molecule has 5 aliphatic rings. The lowest BCUT2D eigenvalue weighted by molar-refractivity contribution is -0.226. The number of hydroxylamine groups is 1. The van der Waals surface area contributed by atoms with Gasteiger partial charge >= 0.3 is 0 Å². The number of aromatic amines is 1. The van der Waals surface area contributed by atoms with Gasteiger partial charge in [0.2, 0.25) is 5.91 Å². The summed E-state index contributed by atoms with van der Waals surface area (Å²) in [6, 6.07) is 0. The van der Waals surface area contributed by atoms with Crippen LogP contribution in [0.25, 0.3) is 0 Å². The molecule has 3 N–H and O–H groups in total. The second-order valence-electron chi connectivity index (χ2n) is 15.0. The Morgan fingerprint density at radius 1 is 1.03 bits per heavy atom. The van der Waals surface area contributed by atoms with Gasteiger partial charge in [0.05, 0.1) is 11.6 Å². The monoisotopic (exact) mass is 493 g/mol. The molecule has 5 aliphatic carbocycles. The van der Waals surface area contributed by atoms with Crippen LogP contribution in [0.5, 0.6) is 0 Å². The standard InChI is InChI=1S/C31H47N3O2/c1-18(2)20-10-13-31(26(35)34-36)15-14-29(6)21(24(20)31)8-9-23-28(5)16-19-17-32-33-25(19)27(3,4)22(28)11-12-30(23,29)7/h17,20-24,36H,1,8-16H2,2-7H3,(H,32,33)(H,34,35)/t20-,21+,22-,23+,24+,28-,29+,30+,31-/m0/s1. The van der Waals surface area contributed by atoms with Crippen molar-refractivity contribution in [2.75, 3.05) is 0 Å². The summed E-state index contributed by atoms with van der Waals surface area (Å²) in [6.45, 7) is 19.3. The van der Waals surface area contributed by atoms with E-state index in [1.807, 2.05) is 0 Å². The molecular weight excluding hydrogens is 446 g/mol. The smallest absolute Gasteiger partial charge is 0.249 e. The van der Waals surface area contributed by atoms with Crippen molar-refractivity contribution in [3.05, 3.63) is 29.6 Å². The summed E-state index contributed by atoms with van der Waals surface area (Å²) in [5, 5.41) is 17.7. The third kappa shape index (κ3) is 2.71. The first-order valence-electron chi connectivity index (χ1n) is 14.5. The van der Waals surface area contributed by atoms with Crippen molar-refractivity contribution in [2.24, 2.45) is 51.2 Å². The van der Waals surface area contributed by atoms with Gasteiger partial charge in [0, 0.05) is 11.1 Å². The number of aromatic nitrogens is 2. The van der Waals surface area contributed by atoms with Crippen LogP contribution in [0.3, 0.4) is 0 Å². The molecule has 1 aromatic heterocycles. The molecule has 0 bridgehead atoms. The first-order valence-corrected chi connectivity index (χ1v) is 14.5. The number of rotatable bonds is 2. The maximum Gasteiger partial charge on any atom is 0.249 e. The quantitative estimate of drug-likeness (QED) is 0.247. The lowest BCUT2D eigenvalue weighted by Crippen LogP contribution is -2.67. The summed E-state index contributed by atoms with van der Waals surface area (Å²) in [6.07, 6.45) is 12.0. The van der Waals surface area contributed by atoms with Crippen LogP contribution in [-0.4, -0.2) is 21.3 Å². The number of hydrogen-bond acceptors (Lipinski definition) is 3. The molecule has 6 rings (SSSR count). The minimum atomic E-state index is -0.439. The summed E-state index contributed by atoms with van der Waals surface area (Å²) in [5.74, 6) is 2.33. The molecule has 4 fully saturated rings. The largest absolute Gasteiger partial charge is 0.289 e. The van der Waals surface area contributed by atoms with E-state index in [9.17, 15) is 10.0 Å². The highest BCUT2D eigenvalue weighted by Gasteiger charge is 2.71. The number of nitrogens with zero attached hydrogens (tertiary/aromatic N) is 1. The molecule has 1 heterocycles. The van der Waals surface area contributed by atoms with Crippen molar-refractivity contribution in [2.45, 2.75) is 105 Å². The van der Waals surface area contributed by atoms with Crippen LogP contribution in [-0.2, 0) is 16.6 Å². The van der Waals surface area contributed by atoms with E-state index < -0.39 is 5.41 Å². The number of allylic oxidation sites excluding steroid dienone is 1. The third-order valence-corrected chi connectivity index (χ3v) is 13.7. The van der Waals surface area contributed by atoms with E-state index >= 15 is 0 Å². The zero-order valence-electron chi connectivity index (χ0n) is 23.3. The Hall–Kier alpha value is -1.62. The van der Waals surface area contributed by atoms with Crippen LogP contribution in [0.4, 0.5) is 0 Å². The van der Waals surface area contributed by atoms with Gasteiger partial charge in [0.15, 0.2) is 0 Å². The Labute approximate surface area is 217 Å². The van der Waals surface area contributed by atoms with Crippen molar-refractivity contribution in [1.29, 1.82) is 0 Å². The molecule has 0 aromatic carbocycles. The Balaban J connectivity index is 1.43. The van der Waals surface area contributed by atoms with Crippen LogP contribution < -0.4 is 5.48 Å². The SMILES string of the molecule is C=C(C)[C@@H]1CC[C@]2(C(=O)NO)CC[C@]3(C)[C@H](CC[C@@H]4[C@@]5(C)Cc6cn[nH]c6C(C)(C)[C@@H]5CC[C@]43C)[C@@H]12. The van der Waals surface area contributed by atoms with Gasteiger partial charge in [-0.1, -0.05) is 46.8 Å². The van der Waals surface area contributed by atoms with Crippen molar-refractivity contribution in [3.63, 3.8) is 0 Å². The molecule has 36 heavy (non-hydrogen) atoms. The average Bonchev–Trinajstić information content (AvgIpc) is 3.44. The van der Waals surface area contributed by atoms with E-state index in [4.69, 9.17) is 0 Å². The maximum absolute atomic E-state index is 13.3. The summed E-state index contributed by atoms with van der Waals surface area (Å²) in [4.78, 5) is 13.3. The normalized spacial score (nSPS) is 48.6. The second kappa shape index (κ2) is 7.48. The lowest BCUT2D eigenvalue weighted by Gasteiger charge is -2.72. The number of nitrogens with one attached hydrogen (secondary N) is 2.